The highest BCUT2D eigenvalue weighted by atomic mass is 127. The average Bonchev–Trinajstić information content (AvgIpc) is 2.79. The van der Waals surface area contributed by atoms with E-state index in [-0.39, 0.29) is 12.1 Å². The molecule has 1 aromatic heterocycles. The summed E-state index contributed by atoms with van der Waals surface area (Å²) in [6.45, 7) is 6.81. The van der Waals surface area contributed by atoms with Gasteiger partial charge in [0.05, 0.1) is 14.5 Å². The molecule has 1 heterocycles. The monoisotopic (exact) mass is 413 g/mol. The molecule has 0 bridgehead atoms. The number of rotatable bonds is 5. The summed E-state index contributed by atoms with van der Waals surface area (Å²) >= 11 is 2.14. The number of aliphatic hydroxyl groups excluding tert-OH is 1. The van der Waals surface area contributed by atoms with Gasteiger partial charge in [-0.3, -0.25) is 0 Å². The smallest absolute Gasteiger partial charge is 0.132 e. The molecule has 0 aliphatic carbocycles. The van der Waals surface area contributed by atoms with Crippen LogP contribution in [0.15, 0.2) is 18.2 Å². The Balaban J connectivity index is 2.09. The summed E-state index contributed by atoms with van der Waals surface area (Å²) in [6, 6.07) is 7.76. The number of halogens is 1. The zero-order valence-corrected chi connectivity index (χ0v) is 15.1. The van der Waals surface area contributed by atoms with Gasteiger partial charge in [0.2, 0.25) is 0 Å². The number of β-amino-alcohol motifs (C(OH)–C–C–N with tert-alkyl or cyclic N) is 1. The minimum absolute atomic E-state index is 0.0429. The van der Waals surface area contributed by atoms with Crippen molar-refractivity contribution in [1.29, 1.82) is 5.26 Å². The van der Waals surface area contributed by atoms with Crippen molar-refractivity contribution < 1.29 is 9.84 Å². The minimum Gasteiger partial charge on any atom is -0.490 e. The van der Waals surface area contributed by atoms with E-state index in [1.807, 2.05) is 39.0 Å². The first kappa shape index (κ1) is 17.1. The van der Waals surface area contributed by atoms with Gasteiger partial charge in [-0.05, 0) is 55.5 Å². The number of ether oxygens (including phenoxy) is 1. The van der Waals surface area contributed by atoms with Crippen molar-refractivity contribution in [2.75, 3.05) is 13.2 Å². The fourth-order valence-corrected chi connectivity index (χ4v) is 2.85. The summed E-state index contributed by atoms with van der Waals surface area (Å²) in [6.07, 6.45) is -0.596. The van der Waals surface area contributed by atoms with Gasteiger partial charge in [-0.1, -0.05) is 6.07 Å². The number of benzene rings is 1. The van der Waals surface area contributed by atoms with Crippen LogP contribution in [0.2, 0.25) is 0 Å². The molecule has 1 atom stereocenters. The molecule has 1 aromatic carbocycles. The number of nitriles is 1. The van der Waals surface area contributed by atoms with Crippen LogP contribution in [0.3, 0.4) is 0 Å². The Morgan fingerprint density at radius 2 is 2.18 bits per heavy atom. The van der Waals surface area contributed by atoms with Gasteiger partial charge >= 0.3 is 0 Å². The van der Waals surface area contributed by atoms with Gasteiger partial charge in [-0.25, -0.2) is 0 Å². The van der Waals surface area contributed by atoms with Crippen molar-refractivity contribution in [2.45, 2.75) is 32.4 Å². The van der Waals surface area contributed by atoms with Crippen molar-refractivity contribution in [2.24, 2.45) is 0 Å². The van der Waals surface area contributed by atoms with Crippen LogP contribution >= 0.6 is 22.6 Å². The molecule has 118 valence electrons. The molecule has 22 heavy (non-hydrogen) atoms. The molecule has 0 fully saturated rings. The third-order valence-electron chi connectivity index (χ3n) is 3.14. The Hall–Kier alpha value is -1.30. The second kappa shape index (κ2) is 6.86. The number of aromatic amines is 1. The molecule has 0 unspecified atom stereocenters. The Morgan fingerprint density at radius 1 is 1.45 bits per heavy atom. The summed E-state index contributed by atoms with van der Waals surface area (Å²) in [5, 5.41) is 23.2. The first-order chi connectivity index (χ1) is 10.3. The maximum Gasteiger partial charge on any atom is 0.132 e. The Kier molecular flexibility index (Phi) is 5.32. The molecule has 2 rings (SSSR count). The fraction of sp³-hybridized carbons (Fsp3) is 0.438. The molecule has 0 saturated heterocycles. The van der Waals surface area contributed by atoms with Crippen molar-refractivity contribution in [1.82, 2.24) is 10.3 Å². The number of H-pyrrole nitrogens is 1. The normalized spacial score (nSPS) is 13.1. The van der Waals surface area contributed by atoms with Crippen molar-refractivity contribution >= 4 is 33.5 Å². The number of hydrogen-bond acceptors (Lipinski definition) is 4. The summed E-state index contributed by atoms with van der Waals surface area (Å²) in [5.41, 5.74) is 1.35. The van der Waals surface area contributed by atoms with Crippen LogP contribution in [0.4, 0.5) is 0 Å². The minimum atomic E-state index is -0.596. The van der Waals surface area contributed by atoms with E-state index in [4.69, 9.17) is 10.00 Å². The topological polar surface area (TPSA) is 81.1 Å². The van der Waals surface area contributed by atoms with E-state index in [0.717, 1.165) is 14.5 Å². The standard InChI is InChI=1S/C16H20IN3O2/c1-16(2,3)19-8-10(21)9-22-13-6-4-5-11-14(13)15(17)12(7-18)20-11/h4-6,10,19-21H,8-9H2,1-3H3/t10-/m0/s1. The summed E-state index contributed by atoms with van der Waals surface area (Å²) in [7, 11) is 0. The van der Waals surface area contributed by atoms with E-state index in [2.05, 4.69) is 39.0 Å². The maximum absolute atomic E-state index is 10.0. The maximum atomic E-state index is 10.0. The summed E-state index contributed by atoms with van der Waals surface area (Å²) in [4.78, 5) is 3.06. The number of fused-ring (bicyclic) bond motifs is 1. The van der Waals surface area contributed by atoms with Crippen LogP contribution in [0.25, 0.3) is 10.9 Å². The number of aromatic nitrogens is 1. The molecule has 0 spiro atoms. The Labute approximate surface area is 143 Å². The van der Waals surface area contributed by atoms with E-state index in [1.165, 1.54) is 0 Å². The molecule has 6 heteroatoms. The van der Waals surface area contributed by atoms with Gasteiger partial charge in [0.25, 0.3) is 0 Å². The van der Waals surface area contributed by atoms with Crippen LogP contribution in [-0.4, -0.2) is 34.9 Å². The Bertz CT molecular complexity index is 698. The molecule has 0 saturated carbocycles. The molecule has 5 nitrogen and oxygen atoms in total. The lowest BCUT2D eigenvalue weighted by atomic mass is 10.1. The van der Waals surface area contributed by atoms with Gasteiger partial charge in [-0.2, -0.15) is 5.26 Å². The van der Waals surface area contributed by atoms with E-state index in [0.29, 0.717) is 18.0 Å². The molecule has 3 N–H and O–H groups in total. The molecule has 0 aliphatic heterocycles. The zero-order chi connectivity index (χ0) is 16.3. The number of nitrogens with one attached hydrogen (secondary N) is 2. The van der Waals surface area contributed by atoms with E-state index in [9.17, 15) is 5.11 Å². The van der Waals surface area contributed by atoms with Crippen LogP contribution in [0.1, 0.15) is 26.5 Å². The van der Waals surface area contributed by atoms with Crippen LogP contribution in [0.5, 0.6) is 5.75 Å². The van der Waals surface area contributed by atoms with Crippen LogP contribution in [-0.2, 0) is 0 Å². The van der Waals surface area contributed by atoms with Crippen molar-refractivity contribution in [3.05, 3.63) is 27.5 Å². The van der Waals surface area contributed by atoms with E-state index in [1.54, 1.807) is 0 Å². The lowest BCUT2D eigenvalue weighted by molar-refractivity contribution is 0.101. The first-order valence-electron chi connectivity index (χ1n) is 7.08. The summed E-state index contributed by atoms with van der Waals surface area (Å²) < 4.78 is 6.60. The molecule has 0 amide bonds. The van der Waals surface area contributed by atoms with Gasteiger partial charge in [0, 0.05) is 12.1 Å². The van der Waals surface area contributed by atoms with Crippen LogP contribution < -0.4 is 10.1 Å². The number of nitrogens with zero attached hydrogens (tertiary/aromatic N) is 1. The SMILES string of the molecule is CC(C)(C)NC[C@H](O)COc1cccc2[nH]c(C#N)c(I)c12. The van der Waals surface area contributed by atoms with Gasteiger partial charge in [0.15, 0.2) is 0 Å². The third-order valence-corrected chi connectivity index (χ3v) is 4.21. The van der Waals surface area contributed by atoms with Crippen LogP contribution in [0, 0.1) is 14.9 Å². The summed E-state index contributed by atoms with van der Waals surface area (Å²) in [5.74, 6) is 0.675. The van der Waals surface area contributed by atoms with Gasteiger partial charge in [0.1, 0.15) is 30.2 Å². The Morgan fingerprint density at radius 3 is 2.82 bits per heavy atom. The largest absolute Gasteiger partial charge is 0.490 e. The molecular formula is C16H20IN3O2. The number of hydrogen-bond donors (Lipinski definition) is 3. The first-order valence-corrected chi connectivity index (χ1v) is 8.16. The lowest BCUT2D eigenvalue weighted by Crippen LogP contribution is -2.42. The second-order valence-corrected chi connectivity index (χ2v) is 7.28. The second-order valence-electron chi connectivity index (χ2n) is 6.20. The quantitative estimate of drug-likeness (QED) is 0.659. The van der Waals surface area contributed by atoms with E-state index < -0.39 is 6.10 Å². The number of aliphatic hydroxyl groups is 1. The predicted octanol–water partition coefficient (Wildman–Crippen LogP) is 2.77. The highest BCUT2D eigenvalue weighted by Gasteiger charge is 2.16. The third kappa shape index (κ3) is 4.12. The molecule has 0 aliphatic rings. The predicted molar refractivity (Wildman–Crippen MR) is 95.0 cm³/mol. The fourth-order valence-electron chi connectivity index (χ4n) is 2.04. The van der Waals surface area contributed by atoms with Gasteiger partial charge < -0.3 is 20.1 Å². The van der Waals surface area contributed by atoms with Gasteiger partial charge in [-0.15, -0.1) is 0 Å². The zero-order valence-electron chi connectivity index (χ0n) is 12.9. The molecule has 0 radical (unpaired) electrons. The van der Waals surface area contributed by atoms with Crippen molar-refractivity contribution in [3.63, 3.8) is 0 Å². The van der Waals surface area contributed by atoms with E-state index >= 15 is 0 Å². The molecule has 2 aromatic rings. The average molecular weight is 413 g/mol. The highest BCUT2D eigenvalue weighted by Crippen LogP contribution is 2.32. The molecular weight excluding hydrogens is 393 g/mol. The highest BCUT2D eigenvalue weighted by molar-refractivity contribution is 14.1. The van der Waals surface area contributed by atoms with Crippen molar-refractivity contribution in [3.8, 4) is 11.8 Å². The lowest BCUT2D eigenvalue weighted by Gasteiger charge is -2.23.